The van der Waals surface area contributed by atoms with Gasteiger partial charge in [0.2, 0.25) is 5.88 Å². The van der Waals surface area contributed by atoms with Gasteiger partial charge in [0.1, 0.15) is 34.6 Å². The average molecular weight is 320 g/mol. The number of pyridine rings is 1. The molecule has 0 bridgehead atoms. The van der Waals surface area contributed by atoms with E-state index in [4.69, 9.17) is 10.2 Å². The highest BCUT2D eigenvalue weighted by Gasteiger charge is 2.25. The molecule has 3 aromatic rings. The van der Waals surface area contributed by atoms with Crippen molar-refractivity contribution in [1.82, 2.24) is 4.57 Å². The molecule has 3 rings (SSSR count). The molecule has 24 heavy (non-hydrogen) atoms. The van der Waals surface area contributed by atoms with Crippen molar-refractivity contribution < 1.29 is 9.52 Å². The van der Waals surface area contributed by atoms with E-state index in [0.29, 0.717) is 5.58 Å². The second-order valence-corrected chi connectivity index (χ2v) is 5.07. The first-order valence-electron chi connectivity index (χ1n) is 7.11. The summed E-state index contributed by atoms with van der Waals surface area (Å²) < 4.78 is 6.58. The van der Waals surface area contributed by atoms with Crippen LogP contribution in [0.25, 0.3) is 22.3 Å². The molecule has 7 heteroatoms. The van der Waals surface area contributed by atoms with Crippen LogP contribution in [0.4, 0.5) is 0 Å². The Hall–Kier alpha value is -3.55. The van der Waals surface area contributed by atoms with Gasteiger partial charge in [-0.05, 0) is 12.1 Å². The largest absolute Gasteiger partial charge is 0.493 e. The molecular weight excluding hydrogens is 308 g/mol. The van der Waals surface area contributed by atoms with Crippen LogP contribution in [0.5, 0.6) is 5.88 Å². The first-order chi connectivity index (χ1) is 11.6. The molecule has 0 saturated heterocycles. The maximum Gasteiger partial charge on any atom is 0.272 e. The molecule has 0 amide bonds. The Balaban J connectivity index is 2.41. The van der Waals surface area contributed by atoms with Crippen LogP contribution in [-0.4, -0.2) is 16.2 Å². The van der Waals surface area contributed by atoms with Crippen LogP contribution in [0.1, 0.15) is 11.1 Å². The second-order valence-electron chi connectivity index (χ2n) is 5.07. The van der Waals surface area contributed by atoms with Gasteiger partial charge in [0.25, 0.3) is 5.56 Å². The van der Waals surface area contributed by atoms with Crippen LogP contribution >= 0.6 is 0 Å². The van der Waals surface area contributed by atoms with E-state index >= 15 is 0 Å². The van der Waals surface area contributed by atoms with E-state index in [0.717, 1.165) is 9.95 Å². The van der Waals surface area contributed by atoms with Gasteiger partial charge in [0, 0.05) is 18.5 Å². The lowest BCUT2D eigenvalue weighted by Crippen LogP contribution is -2.27. The van der Waals surface area contributed by atoms with Crippen molar-refractivity contribution in [2.24, 2.45) is 5.73 Å². The first-order valence-corrected chi connectivity index (χ1v) is 7.11. The molecule has 118 valence electrons. The highest BCUT2D eigenvalue weighted by molar-refractivity contribution is 5.86. The van der Waals surface area contributed by atoms with Crippen molar-refractivity contribution in [3.8, 4) is 29.3 Å². The van der Waals surface area contributed by atoms with Crippen LogP contribution in [0.2, 0.25) is 0 Å². The Kier molecular flexibility index (Phi) is 3.78. The third kappa shape index (κ3) is 2.21. The van der Waals surface area contributed by atoms with Gasteiger partial charge in [-0.1, -0.05) is 18.2 Å². The van der Waals surface area contributed by atoms with Gasteiger partial charge in [0.05, 0.1) is 5.56 Å². The summed E-state index contributed by atoms with van der Waals surface area (Å²) in [6.07, 6.45) is 0. The Labute approximate surface area is 136 Å². The number of nitriles is 2. The zero-order valence-corrected chi connectivity index (χ0v) is 12.5. The maximum absolute atomic E-state index is 12.5. The molecule has 0 aliphatic heterocycles. The van der Waals surface area contributed by atoms with Crippen molar-refractivity contribution in [3.63, 3.8) is 0 Å². The van der Waals surface area contributed by atoms with Gasteiger partial charge in [-0.15, -0.1) is 0 Å². The Morgan fingerprint density at radius 2 is 1.92 bits per heavy atom. The molecule has 0 aliphatic rings. The smallest absolute Gasteiger partial charge is 0.272 e. The minimum atomic E-state index is -0.713. The number of aromatic hydroxyl groups is 1. The number of rotatable bonds is 3. The fraction of sp³-hybridized carbons (Fsp3) is 0.118. The molecule has 0 radical (unpaired) electrons. The molecule has 2 aromatic heterocycles. The van der Waals surface area contributed by atoms with Gasteiger partial charge >= 0.3 is 0 Å². The van der Waals surface area contributed by atoms with Crippen LogP contribution in [0.15, 0.2) is 39.5 Å². The lowest BCUT2D eigenvalue weighted by molar-refractivity contribution is 0.406. The van der Waals surface area contributed by atoms with Gasteiger partial charge < -0.3 is 15.3 Å². The topological polar surface area (TPSA) is 129 Å². The summed E-state index contributed by atoms with van der Waals surface area (Å²) in [5.41, 5.74) is 4.79. The van der Waals surface area contributed by atoms with Crippen LogP contribution in [0, 0.1) is 22.7 Å². The molecule has 0 fully saturated rings. The molecule has 0 aliphatic carbocycles. The van der Waals surface area contributed by atoms with Crippen molar-refractivity contribution in [1.29, 1.82) is 10.5 Å². The Bertz CT molecular complexity index is 1050. The highest BCUT2D eigenvalue weighted by Crippen LogP contribution is 2.34. The van der Waals surface area contributed by atoms with Gasteiger partial charge in [-0.3, -0.25) is 9.36 Å². The molecule has 7 nitrogen and oxygen atoms in total. The Morgan fingerprint density at radius 1 is 1.21 bits per heavy atom. The quantitative estimate of drug-likeness (QED) is 0.755. The number of para-hydroxylation sites is 1. The maximum atomic E-state index is 12.5. The summed E-state index contributed by atoms with van der Waals surface area (Å²) in [4.78, 5) is 12.5. The zero-order chi connectivity index (χ0) is 17.3. The number of nitrogens with zero attached hydrogens (tertiary/aromatic N) is 3. The van der Waals surface area contributed by atoms with Crippen molar-refractivity contribution in [2.45, 2.75) is 6.54 Å². The van der Waals surface area contributed by atoms with Crippen LogP contribution in [-0.2, 0) is 6.54 Å². The number of furan rings is 1. The number of hydrogen-bond acceptors (Lipinski definition) is 6. The average Bonchev–Trinajstić information content (AvgIpc) is 3.02. The van der Waals surface area contributed by atoms with E-state index in [1.54, 1.807) is 24.3 Å². The normalized spacial score (nSPS) is 10.5. The summed E-state index contributed by atoms with van der Waals surface area (Å²) >= 11 is 0. The Morgan fingerprint density at radius 3 is 2.54 bits per heavy atom. The first kappa shape index (κ1) is 15.3. The van der Waals surface area contributed by atoms with E-state index in [1.807, 2.05) is 18.2 Å². The standard InChI is InChI=1S/C17H12N4O3/c18-5-6-21-16(22)11(8-19)15(12(9-20)17(21)23)14-7-10-3-1-2-4-13(10)24-14/h1-4,7,22H,5-6,18H2. The summed E-state index contributed by atoms with van der Waals surface area (Å²) in [6.45, 7) is 0.0711. The summed E-state index contributed by atoms with van der Waals surface area (Å²) in [6, 6.07) is 12.4. The minimum absolute atomic E-state index is 0.00552. The molecule has 1 aromatic carbocycles. The van der Waals surface area contributed by atoms with E-state index in [2.05, 4.69) is 0 Å². The number of aromatic nitrogens is 1. The summed E-state index contributed by atoms with van der Waals surface area (Å²) in [5, 5.41) is 29.9. The lowest BCUT2D eigenvalue weighted by Gasteiger charge is -2.12. The van der Waals surface area contributed by atoms with E-state index in [1.165, 1.54) is 0 Å². The van der Waals surface area contributed by atoms with Gasteiger partial charge in [-0.2, -0.15) is 10.5 Å². The number of hydrogen-bond donors (Lipinski definition) is 2. The molecule has 0 saturated carbocycles. The summed E-state index contributed by atoms with van der Waals surface area (Å²) in [7, 11) is 0. The van der Waals surface area contributed by atoms with E-state index < -0.39 is 11.4 Å². The third-order valence-electron chi connectivity index (χ3n) is 3.69. The number of nitrogens with two attached hydrogens (primary N) is 1. The van der Waals surface area contributed by atoms with Crippen molar-refractivity contribution in [3.05, 3.63) is 51.8 Å². The number of benzene rings is 1. The van der Waals surface area contributed by atoms with Gasteiger partial charge in [0.15, 0.2) is 0 Å². The summed E-state index contributed by atoms with van der Waals surface area (Å²) in [5.74, 6) is -0.348. The molecule has 0 unspecified atom stereocenters. The minimum Gasteiger partial charge on any atom is -0.493 e. The molecular formula is C17H12N4O3. The van der Waals surface area contributed by atoms with E-state index in [9.17, 15) is 20.4 Å². The fourth-order valence-electron chi connectivity index (χ4n) is 2.61. The zero-order valence-electron chi connectivity index (χ0n) is 12.5. The predicted molar refractivity (Wildman–Crippen MR) is 86.1 cm³/mol. The predicted octanol–water partition coefficient (Wildman–Crippen LogP) is 1.67. The molecule has 0 atom stereocenters. The van der Waals surface area contributed by atoms with Crippen LogP contribution in [0.3, 0.4) is 0 Å². The molecule has 2 heterocycles. The van der Waals surface area contributed by atoms with Crippen LogP contribution < -0.4 is 11.3 Å². The third-order valence-corrected chi connectivity index (χ3v) is 3.69. The van der Waals surface area contributed by atoms with E-state index in [-0.39, 0.29) is 35.5 Å². The monoisotopic (exact) mass is 320 g/mol. The fourth-order valence-corrected chi connectivity index (χ4v) is 2.61. The second kappa shape index (κ2) is 5.92. The highest BCUT2D eigenvalue weighted by atomic mass is 16.3. The number of fused-ring (bicyclic) bond motifs is 1. The van der Waals surface area contributed by atoms with Gasteiger partial charge in [-0.25, -0.2) is 0 Å². The van der Waals surface area contributed by atoms with Crippen molar-refractivity contribution >= 4 is 11.0 Å². The van der Waals surface area contributed by atoms with Crippen molar-refractivity contribution in [2.75, 3.05) is 6.54 Å². The molecule has 3 N–H and O–H groups in total. The molecule has 0 spiro atoms. The lowest BCUT2D eigenvalue weighted by atomic mass is 10.0. The SMILES string of the molecule is N#Cc1c(-c2cc3ccccc3o2)c(C#N)c(=O)n(CCN)c1O.